The van der Waals surface area contributed by atoms with E-state index in [0.717, 1.165) is 5.56 Å². The summed E-state index contributed by atoms with van der Waals surface area (Å²) in [6.07, 6.45) is 1.72. The molecule has 0 aliphatic rings. The average Bonchev–Trinajstić information content (AvgIpc) is 2.35. The Morgan fingerprint density at radius 2 is 2.00 bits per heavy atom. The van der Waals surface area contributed by atoms with E-state index in [1.165, 1.54) is 0 Å². The van der Waals surface area contributed by atoms with Crippen LogP contribution < -0.4 is 5.73 Å². The third-order valence-corrected chi connectivity index (χ3v) is 3.03. The Morgan fingerprint density at radius 1 is 1.44 bits per heavy atom. The van der Waals surface area contributed by atoms with Crippen LogP contribution in [0, 0.1) is 0 Å². The van der Waals surface area contributed by atoms with Gasteiger partial charge < -0.3 is 10.6 Å². The largest absolute Gasteiger partial charge is 0.335 e. The zero-order chi connectivity index (χ0) is 13.8. The summed E-state index contributed by atoms with van der Waals surface area (Å²) in [5.41, 5.74) is 6.04. The first kappa shape index (κ1) is 14.5. The lowest BCUT2D eigenvalue weighted by molar-refractivity contribution is -0.137. The summed E-state index contributed by atoms with van der Waals surface area (Å²) in [5, 5.41) is 0. The van der Waals surface area contributed by atoms with Crippen LogP contribution >= 0.6 is 0 Å². The van der Waals surface area contributed by atoms with Crippen LogP contribution in [0.15, 0.2) is 43.0 Å². The number of carbonyl (C=O) groups excluding carboxylic acids is 1. The molecule has 98 valence electrons. The lowest BCUT2D eigenvalue weighted by Gasteiger charge is -2.34. The molecule has 2 N–H and O–H groups in total. The van der Waals surface area contributed by atoms with E-state index in [-0.39, 0.29) is 11.9 Å². The van der Waals surface area contributed by atoms with Gasteiger partial charge in [0.15, 0.2) is 0 Å². The molecule has 1 unspecified atom stereocenters. The molecular weight excluding hydrogens is 224 g/mol. The number of rotatable bonds is 5. The maximum Gasteiger partial charge on any atom is 0.247 e. The summed E-state index contributed by atoms with van der Waals surface area (Å²) < 4.78 is 0. The van der Waals surface area contributed by atoms with Crippen molar-refractivity contribution in [2.75, 3.05) is 6.54 Å². The molecule has 1 aromatic carbocycles. The topological polar surface area (TPSA) is 46.3 Å². The average molecular weight is 246 g/mol. The summed E-state index contributed by atoms with van der Waals surface area (Å²) in [4.78, 5) is 14.3. The number of amides is 1. The van der Waals surface area contributed by atoms with Gasteiger partial charge in [0.1, 0.15) is 5.54 Å². The first-order valence-electron chi connectivity index (χ1n) is 6.17. The molecule has 3 heteroatoms. The molecule has 18 heavy (non-hydrogen) atoms. The summed E-state index contributed by atoms with van der Waals surface area (Å²) in [7, 11) is 0. The third kappa shape index (κ3) is 2.99. The highest BCUT2D eigenvalue weighted by Gasteiger charge is 2.34. The maximum atomic E-state index is 12.5. The molecule has 0 radical (unpaired) electrons. The standard InChI is InChI=1S/C15H22N2O/c1-5-11-17(12(2)3)14(18)15(4,16)13-9-7-6-8-10-13/h5-10,12H,1,11,16H2,2-4H3. The van der Waals surface area contributed by atoms with Gasteiger partial charge in [-0.15, -0.1) is 6.58 Å². The van der Waals surface area contributed by atoms with Crippen molar-refractivity contribution in [3.63, 3.8) is 0 Å². The summed E-state index contributed by atoms with van der Waals surface area (Å²) in [6.45, 7) is 9.90. The number of nitrogens with two attached hydrogens (primary N) is 1. The molecular formula is C15H22N2O. The highest BCUT2D eigenvalue weighted by Crippen LogP contribution is 2.21. The van der Waals surface area contributed by atoms with E-state index >= 15 is 0 Å². The van der Waals surface area contributed by atoms with Gasteiger partial charge in [-0.2, -0.15) is 0 Å². The van der Waals surface area contributed by atoms with Crippen molar-refractivity contribution in [3.05, 3.63) is 48.6 Å². The van der Waals surface area contributed by atoms with Crippen LogP contribution in [-0.2, 0) is 10.3 Å². The molecule has 1 atom stereocenters. The van der Waals surface area contributed by atoms with Crippen molar-refractivity contribution >= 4 is 5.91 Å². The predicted octanol–water partition coefficient (Wildman–Crippen LogP) is 2.28. The number of hydrogen-bond donors (Lipinski definition) is 1. The van der Waals surface area contributed by atoms with Crippen molar-refractivity contribution < 1.29 is 4.79 Å². The second-order valence-electron chi connectivity index (χ2n) is 4.91. The van der Waals surface area contributed by atoms with Crippen molar-refractivity contribution in [1.82, 2.24) is 4.90 Å². The summed E-state index contributed by atoms with van der Waals surface area (Å²) in [5.74, 6) is -0.0800. The minimum absolute atomic E-state index is 0.0800. The van der Waals surface area contributed by atoms with Crippen LogP contribution in [0.4, 0.5) is 0 Å². The minimum atomic E-state index is -1.01. The van der Waals surface area contributed by atoms with Gasteiger partial charge in [-0.25, -0.2) is 0 Å². The first-order valence-corrected chi connectivity index (χ1v) is 6.17. The van der Waals surface area contributed by atoms with Gasteiger partial charge in [0.25, 0.3) is 0 Å². The van der Waals surface area contributed by atoms with Gasteiger partial charge in [-0.05, 0) is 26.3 Å². The van der Waals surface area contributed by atoms with Crippen molar-refractivity contribution in [1.29, 1.82) is 0 Å². The van der Waals surface area contributed by atoms with Crippen LogP contribution in [0.2, 0.25) is 0 Å². The highest BCUT2D eigenvalue weighted by atomic mass is 16.2. The minimum Gasteiger partial charge on any atom is -0.335 e. The first-order chi connectivity index (χ1) is 8.41. The number of carbonyl (C=O) groups is 1. The molecule has 0 saturated heterocycles. The lowest BCUT2D eigenvalue weighted by atomic mass is 9.91. The van der Waals surface area contributed by atoms with Crippen LogP contribution in [-0.4, -0.2) is 23.4 Å². The molecule has 0 aliphatic heterocycles. The molecule has 0 fully saturated rings. The van der Waals surface area contributed by atoms with Crippen LogP contribution in [0.5, 0.6) is 0 Å². The molecule has 0 saturated carbocycles. The SMILES string of the molecule is C=CCN(C(=O)C(C)(N)c1ccccc1)C(C)C. The van der Waals surface area contributed by atoms with E-state index in [9.17, 15) is 4.79 Å². The molecule has 3 nitrogen and oxygen atoms in total. The Bertz CT molecular complexity index is 410. The van der Waals surface area contributed by atoms with E-state index in [4.69, 9.17) is 5.73 Å². The van der Waals surface area contributed by atoms with Gasteiger partial charge in [0.05, 0.1) is 0 Å². The second-order valence-corrected chi connectivity index (χ2v) is 4.91. The Balaban J connectivity index is 3.03. The third-order valence-electron chi connectivity index (χ3n) is 3.03. The lowest BCUT2D eigenvalue weighted by Crippen LogP contribution is -2.53. The Kier molecular flexibility index (Phi) is 4.68. The zero-order valence-corrected chi connectivity index (χ0v) is 11.4. The van der Waals surface area contributed by atoms with E-state index in [1.807, 2.05) is 44.2 Å². The van der Waals surface area contributed by atoms with Crippen LogP contribution in [0.3, 0.4) is 0 Å². The smallest absolute Gasteiger partial charge is 0.247 e. The summed E-state index contributed by atoms with van der Waals surface area (Å²) in [6, 6.07) is 9.55. The van der Waals surface area contributed by atoms with E-state index in [2.05, 4.69) is 6.58 Å². The zero-order valence-electron chi connectivity index (χ0n) is 11.4. The molecule has 0 spiro atoms. The van der Waals surface area contributed by atoms with Gasteiger partial charge in [-0.3, -0.25) is 4.79 Å². The fourth-order valence-corrected chi connectivity index (χ4v) is 1.87. The van der Waals surface area contributed by atoms with Gasteiger partial charge in [0, 0.05) is 12.6 Å². The van der Waals surface area contributed by atoms with E-state index < -0.39 is 5.54 Å². The van der Waals surface area contributed by atoms with E-state index in [0.29, 0.717) is 6.54 Å². The van der Waals surface area contributed by atoms with Crippen LogP contribution in [0.25, 0.3) is 0 Å². The number of hydrogen-bond acceptors (Lipinski definition) is 2. The number of benzene rings is 1. The van der Waals surface area contributed by atoms with Gasteiger partial charge in [0.2, 0.25) is 5.91 Å². The van der Waals surface area contributed by atoms with Crippen molar-refractivity contribution in [3.8, 4) is 0 Å². The molecule has 0 heterocycles. The second kappa shape index (κ2) is 5.83. The Morgan fingerprint density at radius 3 is 2.44 bits per heavy atom. The van der Waals surface area contributed by atoms with Crippen LogP contribution in [0.1, 0.15) is 26.3 Å². The molecule has 1 amide bonds. The van der Waals surface area contributed by atoms with Gasteiger partial charge in [-0.1, -0.05) is 36.4 Å². The van der Waals surface area contributed by atoms with Crippen molar-refractivity contribution in [2.24, 2.45) is 5.73 Å². The fourth-order valence-electron chi connectivity index (χ4n) is 1.87. The van der Waals surface area contributed by atoms with Gasteiger partial charge >= 0.3 is 0 Å². The van der Waals surface area contributed by atoms with Crippen molar-refractivity contribution in [2.45, 2.75) is 32.4 Å². The molecule has 1 rings (SSSR count). The summed E-state index contributed by atoms with van der Waals surface area (Å²) >= 11 is 0. The van der Waals surface area contributed by atoms with E-state index in [1.54, 1.807) is 17.9 Å². The molecule has 0 aliphatic carbocycles. The molecule has 0 aromatic heterocycles. The molecule has 0 bridgehead atoms. The molecule has 1 aromatic rings. The normalized spacial score (nSPS) is 14.1. The highest BCUT2D eigenvalue weighted by molar-refractivity contribution is 5.87. The fraction of sp³-hybridized carbons (Fsp3) is 0.400. The Hall–Kier alpha value is -1.61. The quantitative estimate of drug-likeness (QED) is 0.810. The monoisotopic (exact) mass is 246 g/mol. The predicted molar refractivity (Wildman–Crippen MR) is 75.0 cm³/mol. The maximum absolute atomic E-state index is 12.5. The Labute approximate surface area is 109 Å². The number of nitrogens with zero attached hydrogens (tertiary/aromatic N) is 1.